The van der Waals surface area contributed by atoms with Gasteiger partial charge in [-0.25, -0.2) is 4.99 Å². The summed E-state index contributed by atoms with van der Waals surface area (Å²) in [7, 11) is 0. The molecule has 1 aliphatic heterocycles. The maximum Gasteiger partial charge on any atom is 0.183 e. The van der Waals surface area contributed by atoms with E-state index in [1.807, 2.05) is 6.08 Å². The van der Waals surface area contributed by atoms with Crippen LogP contribution in [0.15, 0.2) is 186 Å². The first-order valence-electron chi connectivity index (χ1n) is 16.6. The molecule has 1 spiro atoms. The Morgan fingerprint density at radius 1 is 0.521 bits per heavy atom. The van der Waals surface area contributed by atoms with Crippen molar-refractivity contribution in [1.82, 2.24) is 0 Å². The van der Waals surface area contributed by atoms with Crippen molar-refractivity contribution in [2.45, 2.75) is 11.3 Å². The monoisotopic (exact) mass is 611 g/mol. The fourth-order valence-corrected chi connectivity index (χ4v) is 8.74. The minimum Gasteiger partial charge on any atom is -0.290 e. The average molecular weight is 612 g/mol. The molecule has 6 aromatic carbocycles. The van der Waals surface area contributed by atoms with Crippen molar-refractivity contribution in [3.8, 4) is 44.5 Å². The quantitative estimate of drug-likeness (QED) is 0.144. The number of hydrogen-bond acceptors (Lipinski definition) is 2. The van der Waals surface area contributed by atoms with Crippen molar-refractivity contribution in [2.75, 3.05) is 0 Å². The fourth-order valence-electron chi connectivity index (χ4n) is 8.74. The largest absolute Gasteiger partial charge is 0.290 e. The van der Waals surface area contributed by atoms with Gasteiger partial charge in [-0.2, -0.15) is 0 Å². The van der Waals surface area contributed by atoms with Gasteiger partial charge in [-0.05, 0) is 79.4 Å². The molecule has 0 radical (unpaired) electrons. The number of carbonyl (C=O) groups is 1. The third kappa shape index (κ3) is 3.57. The highest BCUT2D eigenvalue weighted by Gasteiger charge is 2.56. The summed E-state index contributed by atoms with van der Waals surface area (Å²) in [5, 5.41) is 0. The van der Waals surface area contributed by atoms with Crippen LogP contribution in [0.2, 0.25) is 0 Å². The second-order valence-corrected chi connectivity index (χ2v) is 12.9. The molecular weight excluding hydrogens is 583 g/mol. The molecule has 48 heavy (non-hydrogen) atoms. The van der Waals surface area contributed by atoms with Crippen molar-refractivity contribution >= 4 is 17.2 Å². The number of rotatable bonds is 4. The van der Waals surface area contributed by atoms with Crippen molar-refractivity contribution in [1.29, 1.82) is 0 Å². The van der Waals surface area contributed by atoms with Crippen molar-refractivity contribution in [2.24, 2.45) is 4.99 Å². The Kier molecular flexibility index (Phi) is 5.74. The number of para-hydroxylation sites is 1. The van der Waals surface area contributed by atoms with Gasteiger partial charge in [0.05, 0.1) is 16.8 Å². The molecule has 0 amide bonds. The van der Waals surface area contributed by atoms with E-state index >= 15 is 0 Å². The summed E-state index contributed by atoms with van der Waals surface area (Å²) in [6.07, 6.45) is 8.35. The van der Waals surface area contributed by atoms with E-state index in [4.69, 9.17) is 4.99 Å². The number of carbonyl (C=O) groups excluding carboxylic acids is 1. The van der Waals surface area contributed by atoms with Gasteiger partial charge in [0.1, 0.15) is 0 Å². The Morgan fingerprint density at radius 3 is 1.62 bits per heavy atom. The van der Waals surface area contributed by atoms with Crippen LogP contribution in [-0.4, -0.2) is 11.5 Å². The fraction of sp³-hybridized carbons (Fsp3) is 0.0435. The Labute approximate surface area is 279 Å². The van der Waals surface area contributed by atoms with Gasteiger partial charge >= 0.3 is 0 Å². The van der Waals surface area contributed by atoms with Gasteiger partial charge < -0.3 is 0 Å². The molecule has 2 heteroatoms. The van der Waals surface area contributed by atoms with E-state index in [0.29, 0.717) is 0 Å². The third-order valence-corrected chi connectivity index (χ3v) is 10.5. The zero-order chi connectivity index (χ0) is 31.8. The number of hydrogen-bond donors (Lipinski definition) is 0. The molecule has 1 heterocycles. The van der Waals surface area contributed by atoms with Crippen molar-refractivity contribution < 1.29 is 4.79 Å². The minimum absolute atomic E-state index is 0.0707. The lowest BCUT2D eigenvalue weighted by molar-refractivity contribution is -0.111. The first kappa shape index (κ1) is 27.0. The number of ketones is 1. The second kappa shape index (κ2) is 10.2. The molecule has 0 N–H and O–H groups in total. The molecule has 0 saturated heterocycles. The van der Waals surface area contributed by atoms with Crippen LogP contribution in [0.25, 0.3) is 44.5 Å². The summed E-state index contributed by atoms with van der Waals surface area (Å²) < 4.78 is 0. The summed E-state index contributed by atoms with van der Waals surface area (Å²) in [4.78, 5) is 19.4. The number of nitrogens with zero attached hydrogens (tertiary/aromatic N) is 1. The number of fused-ring (bicyclic) bond motifs is 1. The molecular formula is C46H29NO. The summed E-state index contributed by atoms with van der Waals surface area (Å²) in [5.74, 6) is -0.156. The summed E-state index contributed by atoms with van der Waals surface area (Å²) >= 11 is 0. The molecule has 0 fully saturated rings. The first-order chi connectivity index (χ1) is 23.8. The van der Waals surface area contributed by atoms with Crippen LogP contribution in [0, 0.1) is 0 Å². The highest BCUT2D eigenvalue weighted by atomic mass is 16.1. The Hall–Kier alpha value is -6.12. The van der Waals surface area contributed by atoms with Crippen LogP contribution >= 0.6 is 0 Å². The van der Waals surface area contributed by atoms with Gasteiger partial charge in [0.2, 0.25) is 0 Å². The molecule has 2 nitrogen and oxygen atoms in total. The van der Waals surface area contributed by atoms with Crippen LogP contribution in [0.3, 0.4) is 0 Å². The lowest BCUT2D eigenvalue weighted by atomic mass is 9.50. The second-order valence-electron chi connectivity index (χ2n) is 12.9. The zero-order valence-corrected chi connectivity index (χ0v) is 26.1. The lowest BCUT2D eigenvalue weighted by Gasteiger charge is -2.52. The SMILES string of the molecule is O=C1C=CC2=Nc3ccccc3C34C=CC(C1=C23)c1c(-c2ccccc2)c(-c2ccccc2)c(-c2ccccc2)c(-c2ccccc2)c14. The topological polar surface area (TPSA) is 29.4 Å². The highest BCUT2D eigenvalue weighted by molar-refractivity contribution is 6.28. The normalized spacial score (nSPS) is 19.5. The Balaban J connectivity index is 1.51. The summed E-state index contributed by atoms with van der Waals surface area (Å²) in [6, 6.07) is 51.8. The van der Waals surface area contributed by atoms with Gasteiger partial charge in [0.15, 0.2) is 5.78 Å². The summed E-state index contributed by atoms with van der Waals surface area (Å²) in [5.41, 5.74) is 15.9. The predicted molar refractivity (Wildman–Crippen MR) is 196 cm³/mol. The third-order valence-electron chi connectivity index (χ3n) is 10.5. The predicted octanol–water partition coefficient (Wildman–Crippen LogP) is 10.8. The van der Waals surface area contributed by atoms with E-state index < -0.39 is 5.41 Å². The molecule has 5 aliphatic rings. The average Bonchev–Trinajstić information content (AvgIpc) is 3.16. The highest BCUT2D eigenvalue weighted by Crippen LogP contribution is 2.66. The van der Waals surface area contributed by atoms with E-state index in [2.05, 4.69) is 158 Å². The molecule has 4 aliphatic carbocycles. The molecule has 2 bridgehead atoms. The standard InChI is InChI=1S/C46H29NO/c48-37-26-25-36-44-42(37)33-27-28-46(44,34-23-13-14-24-35(34)47-36)45-41(32-21-11-4-12-22-32)39(30-17-7-2-8-18-30)38(29-15-5-1-6-16-29)40(43(33)45)31-19-9-3-10-20-31/h1-28,33H. The van der Waals surface area contributed by atoms with E-state index in [-0.39, 0.29) is 11.7 Å². The zero-order valence-electron chi connectivity index (χ0n) is 26.1. The van der Waals surface area contributed by atoms with Crippen molar-refractivity contribution in [3.63, 3.8) is 0 Å². The number of allylic oxidation sites excluding steroid dienone is 6. The Morgan fingerprint density at radius 2 is 1.02 bits per heavy atom. The maximum absolute atomic E-state index is 14.2. The maximum atomic E-state index is 14.2. The van der Waals surface area contributed by atoms with Gasteiger partial charge in [0, 0.05) is 17.1 Å². The number of benzene rings is 6. The van der Waals surface area contributed by atoms with E-state index in [1.165, 1.54) is 33.4 Å². The molecule has 6 aromatic rings. The first-order valence-corrected chi connectivity index (χ1v) is 16.6. The van der Waals surface area contributed by atoms with Gasteiger partial charge in [-0.15, -0.1) is 0 Å². The van der Waals surface area contributed by atoms with E-state index in [1.54, 1.807) is 6.08 Å². The van der Waals surface area contributed by atoms with Crippen molar-refractivity contribution in [3.05, 3.63) is 198 Å². The number of aliphatic imine (C=N–C) groups is 1. The lowest BCUT2D eigenvalue weighted by Crippen LogP contribution is -2.45. The van der Waals surface area contributed by atoms with E-state index in [9.17, 15) is 4.79 Å². The molecule has 0 aromatic heterocycles. The molecule has 0 saturated carbocycles. The van der Waals surface area contributed by atoms with Crippen LogP contribution in [-0.2, 0) is 10.2 Å². The molecule has 11 rings (SSSR count). The molecule has 224 valence electrons. The van der Waals surface area contributed by atoms with Gasteiger partial charge in [-0.1, -0.05) is 152 Å². The Bertz CT molecular complexity index is 2430. The molecule has 2 atom stereocenters. The van der Waals surface area contributed by atoms with Gasteiger partial charge in [-0.3, -0.25) is 4.79 Å². The molecule has 2 unspecified atom stereocenters. The van der Waals surface area contributed by atoms with Crippen LogP contribution in [0.4, 0.5) is 5.69 Å². The van der Waals surface area contributed by atoms with Crippen LogP contribution < -0.4 is 0 Å². The van der Waals surface area contributed by atoms with E-state index in [0.717, 1.165) is 50.4 Å². The van der Waals surface area contributed by atoms with Crippen LogP contribution in [0.1, 0.15) is 22.6 Å². The smallest absolute Gasteiger partial charge is 0.183 e. The van der Waals surface area contributed by atoms with Crippen LogP contribution in [0.5, 0.6) is 0 Å². The summed E-state index contributed by atoms with van der Waals surface area (Å²) in [6.45, 7) is 0. The van der Waals surface area contributed by atoms with Gasteiger partial charge in [0.25, 0.3) is 0 Å². The minimum atomic E-state index is -0.707.